The Morgan fingerprint density at radius 2 is 1.89 bits per heavy atom. The molecule has 19 heavy (non-hydrogen) atoms. The van der Waals surface area contributed by atoms with Crippen LogP contribution in [0.15, 0.2) is 18.2 Å². The first-order valence-corrected chi connectivity index (χ1v) is 8.59. The molecule has 0 aromatic heterocycles. The number of rotatable bonds is 2. The second-order valence-corrected chi connectivity index (χ2v) is 7.14. The Morgan fingerprint density at radius 3 is 2.63 bits per heavy atom. The maximum Gasteiger partial charge on any atom is 0.123 e. The number of hydrogen-bond donors (Lipinski definition) is 0. The van der Waals surface area contributed by atoms with Gasteiger partial charge in [-0.2, -0.15) is 0 Å². The molecule has 0 saturated heterocycles. The van der Waals surface area contributed by atoms with E-state index in [2.05, 4.69) is 41.1 Å². The second-order valence-electron chi connectivity index (χ2n) is 6.15. The molecule has 1 aromatic carbocycles. The first kappa shape index (κ1) is 13.5. The van der Waals surface area contributed by atoms with Crippen LogP contribution in [0.3, 0.4) is 0 Å². The molecule has 2 unspecified atom stereocenters. The molecule has 1 heterocycles. The third-order valence-corrected chi connectivity index (χ3v) is 5.83. The molecule has 1 fully saturated rings. The fourth-order valence-corrected chi connectivity index (χ4v) is 4.30. The number of benzene rings is 1. The molecule has 3 rings (SSSR count). The Balaban J connectivity index is 1.76. The summed E-state index contributed by atoms with van der Waals surface area (Å²) in [6.07, 6.45) is 9.80. The average Bonchev–Trinajstić information content (AvgIpc) is 2.63. The lowest BCUT2D eigenvalue weighted by Crippen LogP contribution is -2.07. The van der Waals surface area contributed by atoms with Gasteiger partial charge >= 0.3 is 0 Å². The van der Waals surface area contributed by atoms with E-state index in [1.165, 1.54) is 49.7 Å². The SMILES string of the molecule is CC1Cc2cc(C(Br)C3CCCCCC3)ccc2O1. The van der Waals surface area contributed by atoms with E-state index in [1.54, 1.807) is 0 Å². The van der Waals surface area contributed by atoms with E-state index in [1.807, 2.05) is 0 Å². The third kappa shape index (κ3) is 2.99. The van der Waals surface area contributed by atoms with Gasteiger partial charge in [-0.25, -0.2) is 0 Å². The molecule has 0 bridgehead atoms. The van der Waals surface area contributed by atoms with Crippen molar-refractivity contribution in [1.29, 1.82) is 0 Å². The summed E-state index contributed by atoms with van der Waals surface area (Å²) in [5.74, 6) is 1.90. The van der Waals surface area contributed by atoms with Crippen LogP contribution in [0, 0.1) is 5.92 Å². The van der Waals surface area contributed by atoms with Crippen molar-refractivity contribution in [1.82, 2.24) is 0 Å². The molecule has 2 heteroatoms. The Hall–Kier alpha value is -0.500. The lowest BCUT2D eigenvalue weighted by molar-refractivity contribution is 0.254. The van der Waals surface area contributed by atoms with Gasteiger partial charge in [-0.15, -0.1) is 0 Å². The monoisotopic (exact) mass is 322 g/mol. The molecule has 1 aliphatic heterocycles. The topological polar surface area (TPSA) is 9.23 Å². The fourth-order valence-electron chi connectivity index (χ4n) is 3.49. The standard InChI is InChI=1S/C17H23BrO/c1-12-10-15-11-14(8-9-16(15)19-12)17(18)13-6-4-2-3-5-7-13/h8-9,11-13,17H,2-7,10H2,1H3. The van der Waals surface area contributed by atoms with Gasteiger partial charge in [-0.05, 0) is 42.9 Å². The Labute approximate surface area is 124 Å². The molecule has 2 atom stereocenters. The number of ether oxygens (including phenoxy) is 1. The summed E-state index contributed by atoms with van der Waals surface area (Å²) >= 11 is 3.96. The molecule has 1 saturated carbocycles. The van der Waals surface area contributed by atoms with Crippen molar-refractivity contribution in [2.24, 2.45) is 5.92 Å². The summed E-state index contributed by atoms with van der Waals surface area (Å²) < 4.78 is 5.79. The van der Waals surface area contributed by atoms with Crippen LogP contribution in [0.4, 0.5) is 0 Å². The molecule has 0 amide bonds. The highest BCUT2D eigenvalue weighted by Crippen LogP contribution is 2.41. The van der Waals surface area contributed by atoms with Crippen LogP contribution in [0.25, 0.3) is 0 Å². The van der Waals surface area contributed by atoms with Crippen LogP contribution in [0.2, 0.25) is 0 Å². The van der Waals surface area contributed by atoms with Crippen LogP contribution in [0.5, 0.6) is 5.75 Å². The quantitative estimate of drug-likeness (QED) is 0.522. The Bertz CT molecular complexity index is 435. The molecule has 2 aliphatic rings. The van der Waals surface area contributed by atoms with Crippen molar-refractivity contribution in [3.05, 3.63) is 29.3 Å². The number of fused-ring (bicyclic) bond motifs is 1. The van der Waals surface area contributed by atoms with Crippen molar-refractivity contribution < 1.29 is 4.74 Å². The van der Waals surface area contributed by atoms with Gasteiger partial charge in [0.05, 0.1) is 0 Å². The average molecular weight is 323 g/mol. The van der Waals surface area contributed by atoms with Crippen molar-refractivity contribution in [3.8, 4) is 5.75 Å². The largest absolute Gasteiger partial charge is 0.490 e. The maximum absolute atomic E-state index is 5.79. The van der Waals surface area contributed by atoms with E-state index >= 15 is 0 Å². The zero-order chi connectivity index (χ0) is 13.2. The van der Waals surface area contributed by atoms with Gasteiger partial charge in [0.1, 0.15) is 11.9 Å². The summed E-state index contributed by atoms with van der Waals surface area (Å²) in [7, 11) is 0. The molecule has 1 nitrogen and oxygen atoms in total. The van der Waals surface area contributed by atoms with Gasteiger partial charge in [-0.1, -0.05) is 53.7 Å². The van der Waals surface area contributed by atoms with Crippen LogP contribution in [0.1, 0.15) is 61.4 Å². The van der Waals surface area contributed by atoms with Crippen molar-refractivity contribution in [2.45, 2.75) is 62.8 Å². The van der Waals surface area contributed by atoms with Crippen LogP contribution in [-0.4, -0.2) is 6.10 Å². The highest BCUT2D eigenvalue weighted by atomic mass is 79.9. The van der Waals surface area contributed by atoms with E-state index < -0.39 is 0 Å². The summed E-state index contributed by atoms with van der Waals surface area (Å²) in [4.78, 5) is 0.520. The number of hydrogen-bond acceptors (Lipinski definition) is 1. The van der Waals surface area contributed by atoms with Crippen LogP contribution >= 0.6 is 15.9 Å². The summed E-state index contributed by atoms with van der Waals surface area (Å²) in [6, 6.07) is 6.78. The smallest absolute Gasteiger partial charge is 0.123 e. The highest BCUT2D eigenvalue weighted by Gasteiger charge is 2.25. The fraction of sp³-hybridized carbons (Fsp3) is 0.647. The van der Waals surface area contributed by atoms with Crippen molar-refractivity contribution >= 4 is 15.9 Å². The predicted octanol–water partition coefficient (Wildman–Crippen LogP) is 5.42. The molecule has 1 aromatic rings. The van der Waals surface area contributed by atoms with E-state index in [0.717, 1.165) is 18.1 Å². The lowest BCUT2D eigenvalue weighted by atomic mass is 9.91. The van der Waals surface area contributed by atoms with E-state index in [-0.39, 0.29) is 0 Å². The van der Waals surface area contributed by atoms with Gasteiger partial charge < -0.3 is 4.74 Å². The van der Waals surface area contributed by atoms with Crippen LogP contribution < -0.4 is 4.74 Å². The van der Waals surface area contributed by atoms with Crippen molar-refractivity contribution in [2.75, 3.05) is 0 Å². The predicted molar refractivity (Wildman–Crippen MR) is 83.1 cm³/mol. The zero-order valence-electron chi connectivity index (χ0n) is 11.7. The number of alkyl halides is 1. The summed E-state index contributed by atoms with van der Waals surface area (Å²) in [6.45, 7) is 2.15. The molecule has 0 N–H and O–H groups in total. The second kappa shape index (κ2) is 5.87. The molecule has 0 spiro atoms. The van der Waals surface area contributed by atoms with E-state index in [4.69, 9.17) is 4.74 Å². The van der Waals surface area contributed by atoms with E-state index in [0.29, 0.717) is 10.9 Å². The van der Waals surface area contributed by atoms with Crippen molar-refractivity contribution in [3.63, 3.8) is 0 Å². The van der Waals surface area contributed by atoms with Gasteiger partial charge in [0.2, 0.25) is 0 Å². The van der Waals surface area contributed by atoms with Crippen LogP contribution in [-0.2, 0) is 6.42 Å². The molecule has 0 radical (unpaired) electrons. The normalized spacial score (nSPS) is 25.5. The molecular formula is C17H23BrO. The summed E-state index contributed by atoms with van der Waals surface area (Å²) in [5, 5.41) is 0. The molecular weight excluding hydrogens is 300 g/mol. The zero-order valence-corrected chi connectivity index (χ0v) is 13.3. The van der Waals surface area contributed by atoms with E-state index in [9.17, 15) is 0 Å². The Morgan fingerprint density at radius 1 is 1.16 bits per heavy atom. The minimum Gasteiger partial charge on any atom is -0.490 e. The first-order chi connectivity index (χ1) is 9.24. The van der Waals surface area contributed by atoms with Gasteiger partial charge in [0, 0.05) is 11.2 Å². The maximum atomic E-state index is 5.79. The molecule has 1 aliphatic carbocycles. The Kier molecular flexibility index (Phi) is 4.16. The van der Waals surface area contributed by atoms with Gasteiger partial charge in [0.25, 0.3) is 0 Å². The molecule has 104 valence electrons. The highest BCUT2D eigenvalue weighted by molar-refractivity contribution is 9.09. The minimum absolute atomic E-state index is 0.344. The first-order valence-electron chi connectivity index (χ1n) is 7.67. The van der Waals surface area contributed by atoms with Gasteiger partial charge in [0.15, 0.2) is 0 Å². The van der Waals surface area contributed by atoms with Gasteiger partial charge in [-0.3, -0.25) is 0 Å². The minimum atomic E-state index is 0.344. The summed E-state index contributed by atoms with van der Waals surface area (Å²) in [5.41, 5.74) is 2.84. The third-order valence-electron chi connectivity index (χ3n) is 4.55. The number of halogens is 1. The lowest BCUT2D eigenvalue weighted by Gasteiger charge is -2.21.